The number of rotatable bonds is 5. The first-order valence-electron chi connectivity index (χ1n) is 10.3. The molecule has 2 aromatic heterocycles. The summed E-state index contributed by atoms with van der Waals surface area (Å²) in [6.45, 7) is 5.63. The summed E-state index contributed by atoms with van der Waals surface area (Å²) in [5, 5.41) is 10.9. The second kappa shape index (κ2) is 9.96. The van der Waals surface area contributed by atoms with E-state index in [1.54, 1.807) is 17.2 Å². The highest BCUT2D eigenvalue weighted by Gasteiger charge is 2.49. The first-order valence-corrected chi connectivity index (χ1v) is 10.3. The number of hydrogen-bond donors (Lipinski definition) is 1. The molecule has 9 nitrogen and oxygen atoms in total. The third-order valence-electron chi connectivity index (χ3n) is 5.54. The van der Waals surface area contributed by atoms with E-state index in [0.717, 1.165) is 44.0 Å². The molecule has 182 valence electrons. The minimum Gasteiger partial charge on any atom is -0.475 e. The van der Waals surface area contributed by atoms with Crippen LogP contribution in [0.3, 0.4) is 0 Å². The topological polar surface area (TPSA) is 109 Å². The average Bonchev–Trinajstić information content (AvgIpc) is 3.38. The van der Waals surface area contributed by atoms with Crippen molar-refractivity contribution >= 4 is 11.9 Å². The third kappa shape index (κ3) is 6.57. The molecule has 4 heterocycles. The summed E-state index contributed by atoms with van der Waals surface area (Å²) >= 11 is 0. The van der Waals surface area contributed by atoms with Gasteiger partial charge in [-0.05, 0) is 44.9 Å². The number of alkyl halides is 3. The fraction of sp³-hybridized carbons (Fsp3) is 0.571. The highest BCUT2D eigenvalue weighted by Crippen LogP contribution is 2.37. The molecule has 1 N–H and O–H groups in total. The average molecular weight is 473 g/mol. The number of aryl methyl sites for hydroxylation is 1. The van der Waals surface area contributed by atoms with Crippen molar-refractivity contribution in [3.63, 3.8) is 0 Å². The quantitative estimate of drug-likeness (QED) is 0.706. The van der Waals surface area contributed by atoms with Crippen molar-refractivity contribution in [2.75, 3.05) is 33.3 Å². The van der Waals surface area contributed by atoms with Gasteiger partial charge in [0.2, 0.25) is 5.76 Å². The van der Waals surface area contributed by atoms with Gasteiger partial charge in [-0.3, -0.25) is 9.69 Å². The second-order valence-electron chi connectivity index (χ2n) is 8.47. The molecule has 1 amide bonds. The van der Waals surface area contributed by atoms with Gasteiger partial charge >= 0.3 is 12.1 Å². The molecule has 0 aromatic carbocycles. The van der Waals surface area contributed by atoms with Gasteiger partial charge in [0.15, 0.2) is 0 Å². The normalized spacial score (nSPS) is 19.7. The minimum atomic E-state index is -5.08. The summed E-state index contributed by atoms with van der Waals surface area (Å²) in [4.78, 5) is 25.3. The number of nitrogens with zero attached hydrogens (tertiary/aromatic N) is 3. The number of halogens is 3. The molecule has 0 aliphatic carbocycles. The van der Waals surface area contributed by atoms with E-state index in [1.807, 2.05) is 19.1 Å². The molecule has 0 radical (unpaired) electrons. The van der Waals surface area contributed by atoms with Gasteiger partial charge in [0.05, 0.1) is 38.2 Å². The Labute approximate surface area is 188 Å². The lowest BCUT2D eigenvalue weighted by Gasteiger charge is -2.52. The number of carbonyl (C=O) groups is 2. The van der Waals surface area contributed by atoms with Gasteiger partial charge in [-0.15, -0.1) is 0 Å². The number of carboxylic acid groups (broad SMARTS) is 1. The van der Waals surface area contributed by atoms with Crippen LogP contribution >= 0.6 is 0 Å². The van der Waals surface area contributed by atoms with Gasteiger partial charge in [0, 0.05) is 12.6 Å². The van der Waals surface area contributed by atoms with Gasteiger partial charge in [0.1, 0.15) is 11.4 Å². The highest BCUT2D eigenvalue weighted by molar-refractivity contribution is 5.92. The first kappa shape index (κ1) is 24.8. The summed E-state index contributed by atoms with van der Waals surface area (Å²) in [6, 6.07) is 5.60. The summed E-state index contributed by atoms with van der Waals surface area (Å²) < 4.78 is 48.4. The molecule has 0 saturated carbocycles. The lowest BCUT2D eigenvalue weighted by atomic mass is 9.82. The van der Waals surface area contributed by atoms with Crippen molar-refractivity contribution in [1.82, 2.24) is 15.0 Å². The largest absolute Gasteiger partial charge is 0.490 e. The molecule has 2 saturated heterocycles. The van der Waals surface area contributed by atoms with Gasteiger partial charge in [-0.1, -0.05) is 5.16 Å². The zero-order valence-corrected chi connectivity index (χ0v) is 18.3. The molecule has 33 heavy (non-hydrogen) atoms. The second-order valence-corrected chi connectivity index (χ2v) is 8.47. The van der Waals surface area contributed by atoms with Crippen LogP contribution in [0.2, 0.25) is 0 Å². The Hall–Kier alpha value is -2.86. The molecule has 12 heteroatoms. The van der Waals surface area contributed by atoms with Crippen molar-refractivity contribution in [3.05, 3.63) is 41.7 Å². The molecule has 2 aliphatic rings. The van der Waals surface area contributed by atoms with E-state index in [4.69, 9.17) is 23.6 Å². The lowest BCUT2D eigenvalue weighted by molar-refractivity contribution is -0.192. The number of amides is 1. The van der Waals surface area contributed by atoms with Crippen molar-refractivity contribution in [2.24, 2.45) is 5.92 Å². The van der Waals surface area contributed by atoms with E-state index >= 15 is 0 Å². The lowest BCUT2D eigenvalue weighted by Crippen LogP contribution is -2.66. The molecule has 0 bridgehead atoms. The molecule has 1 spiro atoms. The number of aliphatic carboxylic acids is 1. The molecular formula is C21H26F3N3O6. The van der Waals surface area contributed by atoms with Gasteiger partial charge in [0.25, 0.3) is 5.91 Å². The SMILES string of the molecule is Cc1cc(C(=O)N2CC3(CCC(CN(C)Cc4ccco4)CO3)C2)on1.O=C(O)C(F)(F)F. The molecule has 1 atom stereocenters. The van der Waals surface area contributed by atoms with E-state index < -0.39 is 12.1 Å². The fourth-order valence-electron chi connectivity index (χ4n) is 3.90. The number of aromatic nitrogens is 1. The van der Waals surface area contributed by atoms with Crippen LogP contribution in [-0.2, 0) is 16.1 Å². The smallest absolute Gasteiger partial charge is 0.475 e. The Morgan fingerprint density at radius 2 is 2.06 bits per heavy atom. The van der Waals surface area contributed by atoms with Gasteiger partial charge < -0.3 is 23.7 Å². The monoisotopic (exact) mass is 473 g/mol. The number of carbonyl (C=O) groups excluding carboxylic acids is 1. The van der Waals surface area contributed by atoms with Crippen molar-refractivity contribution < 1.29 is 41.5 Å². The minimum absolute atomic E-state index is 0.0971. The number of ether oxygens (including phenoxy) is 1. The summed E-state index contributed by atoms with van der Waals surface area (Å²) in [5.74, 6) is -1.04. The van der Waals surface area contributed by atoms with Crippen LogP contribution in [0, 0.1) is 12.8 Å². The Morgan fingerprint density at radius 3 is 2.55 bits per heavy atom. The van der Waals surface area contributed by atoms with E-state index in [-0.39, 0.29) is 11.5 Å². The van der Waals surface area contributed by atoms with E-state index in [0.29, 0.717) is 24.8 Å². The number of carboxylic acids is 1. The summed E-state index contributed by atoms with van der Waals surface area (Å²) in [5.41, 5.74) is 0.555. The van der Waals surface area contributed by atoms with E-state index in [2.05, 4.69) is 17.1 Å². The van der Waals surface area contributed by atoms with Crippen LogP contribution in [0.4, 0.5) is 13.2 Å². The first-order chi connectivity index (χ1) is 15.5. The molecule has 2 aromatic rings. The maximum Gasteiger partial charge on any atom is 0.490 e. The van der Waals surface area contributed by atoms with Crippen LogP contribution < -0.4 is 0 Å². The maximum absolute atomic E-state index is 12.3. The third-order valence-corrected chi connectivity index (χ3v) is 5.54. The summed E-state index contributed by atoms with van der Waals surface area (Å²) in [7, 11) is 2.11. The molecule has 2 fully saturated rings. The Balaban J connectivity index is 0.000000383. The van der Waals surface area contributed by atoms with Crippen molar-refractivity contribution in [3.8, 4) is 0 Å². The predicted octanol–water partition coefficient (Wildman–Crippen LogP) is 2.96. The van der Waals surface area contributed by atoms with Gasteiger partial charge in [-0.2, -0.15) is 13.2 Å². The summed E-state index contributed by atoms with van der Waals surface area (Å²) in [6.07, 6.45) is -1.27. The Morgan fingerprint density at radius 1 is 1.36 bits per heavy atom. The number of hydrogen-bond acceptors (Lipinski definition) is 7. The molecule has 4 rings (SSSR count). The van der Waals surface area contributed by atoms with Crippen LogP contribution in [0.1, 0.15) is 34.9 Å². The highest BCUT2D eigenvalue weighted by atomic mass is 19.4. The molecule has 1 unspecified atom stereocenters. The van der Waals surface area contributed by atoms with Crippen LogP contribution in [0.25, 0.3) is 0 Å². The zero-order chi connectivity index (χ0) is 24.2. The Bertz CT molecular complexity index is 927. The standard InChI is InChI=1S/C19H25N3O4.C2HF3O2/c1-14-8-17(26-20-14)18(23)22-12-19(13-22)6-5-15(11-25-19)9-21(2)10-16-4-3-7-24-16;3-2(4,5)1(6)7/h3-4,7-8,15H,5-6,9-13H2,1-2H3;(H,6,7). The number of likely N-dealkylation sites (tertiary alicyclic amines) is 1. The van der Waals surface area contributed by atoms with Crippen molar-refractivity contribution in [1.29, 1.82) is 0 Å². The van der Waals surface area contributed by atoms with E-state index in [9.17, 15) is 18.0 Å². The van der Waals surface area contributed by atoms with E-state index in [1.165, 1.54) is 0 Å². The maximum atomic E-state index is 12.3. The molecule has 2 aliphatic heterocycles. The van der Waals surface area contributed by atoms with Gasteiger partial charge in [-0.25, -0.2) is 4.79 Å². The molecular weight excluding hydrogens is 447 g/mol. The zero-order valence-electron chi connectivity index (χ0n) is 18.3. The fourth-order valence-corrected chi connectivity index (χ4v) is 3.90. The number of furan rings is 1. The van der Waals surface area contributed by atoms with Crippen LogP contribution in [0.15, 0.2) is 33.4 Å². The van der Waals surface area contributed by atoms with Crippen molar-refractivity contribution in [2.45, 2.75) is 38.1 Å². The van der Waals surface area contributed by atoms with Crippen LogP contribution in [0.5, 0.6) is 0 Å². The van der Waals surface area contributed by atoms with Crippen LogP contribution in [-0.4, -0.2) is 77.0 Å². The Kier molecular flexibility index (Phi) is 7.48. The predicted molar refractivity (Wildman–Crippen MR) is 107 cm³/mol.